The Morgan fingerprint density at radius 1 is 1.17 bits per heavy atom. The van der Waals surface area contributed by atoms with Gasteiger partial charge < -0.3 is 9.64 Å². The molecule has 0 saturated carbocycles. The van der Waals surface area contributed by atoms with Crippen LogP contribution in [0, 0.1) is 6.92 Å². The van der Waals surface area contributed by atoms with Gasteiger partial charge in [-0.3, -0.25) is 14.2 Å². The van der Waals surface area contributed by atoms with Crippen molar-refractivity contribution in [3.63, 3.8) is 0 Å². The third-order valence-corrected chi connectivity index (χ3v) is 4.65. The zero-order valence-electron chi connectivity index (χ0n) is 16.4. The Morgan fingerprint density at radius 3 is 2.63 bits per heavy atom. The number of para-hydroxylation sites is 2. The van der Waals surface area contributed by atoms with Crippen LogP contribution in [-0.4, -0.2) is 33.8 Å². The number of rotatable bonds is 6. The summed E-state index contributed by atoms with van der Waals surface area (Å²) < 4.78 is 43.0. The van der Waals surface area contributed by atoms with Crippen molar-refractivity contribution >= 4 is 16.8 Å². The molecule has 0 saturated heterocycles. The van der Waals surface area contributed by atoms with Gasteiger partial charge in [-0.25, -0.2) is 4.98 Å². The van der Waals surface area contributed by atoms with Crippen molar-refractivity contribution in [2.45, 2.75) is 32.8 Å². The molecule has 2 aromatic carbocycles. The minimum absolute atomic E-state index is 0.00228. The lowest BCUT2D eigenvalue weighted by Crippen LogP contribution is -2.29. The second-order valence-electron chi connectivity index (χ2n) is 6.87. The molecular weight excluding hydrogens is 399 g/mol. The molecule has 0 radical (unpaired) electrons. The van der Waals surface area contributed by atoms with Gasteiger partial charge in [0.2, 0.25) is 5.91 Å². The van der Waals surface area contributed by atoms with E-state index in [1.165, 1.54) is 41.0 Å². The molecule has 158 valence electrons. The van der Waals surface area contributed by atoms with Crippen LogP contribution in [0.1, 0.15) is 17.5 Å². The molecule has 0 aliphatic rings. The van der Waals surface area contributed by atoms with Crippen molar-refractivity contribution in [2.75, 3.05) is 7.05 Å². The summed E-state index contributed by atoms with van der Waals surface area (Å²) in [7, 11) is 1.48. The average Bonchev–Trinajstić information content (AvgIpc) is 2.68. The van der Waals surface area contributed by atoms with E-state index >= 15 is 0 Å². The van der Waals surface area contributed by atoms with Crippen LogP contribution in [-0.2, 0) is 17.9 Å². The number of amides is 1. The van der Waals surface area contributed by atoms with Crippen LogP contribution < -0.4 is 10.3 Å². The van der Waals surface area contributed by atoms with Gasteiger partial charge in [-0.1, -0.05) is 30.3 Å². The Kier molecular flexibility index (Phi) is 6.09. The van der Waals surface area contributed by atoms with Crippen molar-refractivity contribution in [2.24, 2.45) is 0 Å². The standard InChI is InChI=1S/C21H20F3N3O3/c1-14-6-5-8-16-19(14)25-13-27(20(16)29)11-10-18(28)26(2)12-15-7-3-4-9-17(15)30-21(22,23)24/h3-9,13H,10-12H2,1-2H3. The number of ether oxygens (including phenoxy) is 1. The SMILES string of the molecule is Cc1cccc2c(=O)n(CCC(=O)N(C)Cc3ccccc3OC(F)(F)F)cnc12. The largest absolute Gasteiger partial charge is 0.573 e. The molecule has 9 heteroatoms. The molecule has 0 aliphatic heterocycles. The number of alkyl halides is 3. The number of nitrogens with zero attached hydrogens (tertiary/aromatic N) is 3. The van der Waals surface area contributed by atoms with Crippen LogP contribution in [0.4, 0.5) is 13.2 Å². The third-order valence-electron chi connectivity index (χ3n) is 4.65. The molecule has 1 heterocycles. The zero-order valence-corrected chi connectivity index (χ0v) is 16.4. The smallest absolute Gasteiger partial charge is 0.405 e. The highest BCUT2D eigenvalue weighted by molar-refractivity contribution is 5.80. The van der Waals surface area contributed by atoms with Gasteiger partial charge in [0, 0.05) is 32.1 Å². The predicted octanol–water partition coefficient (Wildman–Crippen LogP) is 3.65. The van der Waals surface area contributed by atoms with Crippen LogP contribution in [0.2, 0.25) is 0 Å². The van der Waals surface area contributed by atoms with Gasteiger partial charge in [-0.05, 0) is 24.6 Å². The molecule has 0 atom stereocenters. The lowest BCUT2D eigenvalue weighted by atomic mass is 10.1. The van der Waals surface area contributed by atoms with E-state index in [9.17, 15) is 22.8 Å². The first-order valence-electron chi connectivity index (χ1n) is 9.18. The molecule has 30 heavy (non-hydrogen) atoms. The molecule has 6 nitrogen and oxygen atoms in total. The number of halogens is 3. The second-order valence-corrected chi connectivity index (χ2v) is 6.87. The van der Waals surface area contributed by atoms with Crippen LogP contribution in [0.25, 0.3) is 10.9 Å². The highest BCUT2D eigenvalue weighted by Gasteiger charge is 2.32. The fourth-order valence-electron chi connectivity index (χ4n) is 3.11. The van der Waals surface area contributed by atoms with Crippen molar-refractivity contribution in [1.82, 2.24) is 14.5 Å². The van der Waals surface area contributed by atoms with Crippen LogP contribution >= 0.6 is 0 Å². The van der Waals surface area contributed by atoms with E-state index in [0.29, 0.717) is 10.9 Å². The van der Waals surface area contributed by atoms with Crippen LogP contribution in [0.5, 0.6) is 5.75 Å². The van der Waals surface area contributed by atoms with Crippen molar-refractivity contribution in [3.05, 3.63) is 70.3 Å². The average molecular weight is 419 g/mol. The maximum Gasteiger partial charge on any atom is 0.573 e. The number of hydrogen-bond acceptors (Lipinski definition) is 4. The lowest BCUT2D eigenvalue weighted by molar-refractivity contribution is -0.275. The van der Waals surface area contributed by atoms with E-state index in [1.807, 2.05) is 13.0 Å². The summed E-state index contributed by atoms with van der Waals surface area (Å²) in [6.07, 6.45) is -3.42. The second kappa shape index (κ2) is 8.56. The maximum atomic E-state index is 12.6. The summed E-state index contributed by atoms with van der Waals surface area (Å²) in [4.78, 5) is 30.7. The third kappa shape index (κ3) is 4.97. The van der Waals surface area contributed by atoms with E-state index in [1.54, 1.807) is 18.2 Å². The summed E-state index contributed by atoms with van der Waals surface area (Å²) in [5, 5.41) is 0.469. The van der Waals surface area contributed by atoms with Gasteiger partial charge in [0.05, 0.1) is 17.2 Å². The Bertz CT molecular complexity index is 1130. The molecular formula is C21H20F3N3O3. The summed E-state index contributed by atoms with van der Waals surface area (Å²) >= 11 is 0. The molecule has 0 N–H and O–H groups in total. The normalized spacial score (nSPS) is 11.5. The molecule has 0 aliphatic carbocycles. The van der Waals surface area contributed by atoms with Crippen LogP contribution in [0.15, 0.2) is 53.6 Å². The maximum absolute atomic E-state index is 12.6. The fraction of sp³-hybridized carbons (Fsp3) is 0.286. The molecule has 3 rings (SSSR count). The summed E-state index contributed by atoms with van der Waals surface area (Å²) in [6.45, 7) is 1.91. The van der Waals surface area contributed by atoms with E-state index in [4.69, 9.17) is 0 Å². The summed E-state index contributed by atoms with van der Waals surface area (Å²) in [5.41, 5.74) is 1.48. The summed E-state index contributed by atoms with van der Waals surface area (Å²) in [6, 6.07) is 11.0. The van der Waals surface area contributed by atoms with Crippen molar-refractivity contribution in [1.29, 1.82) is 0 Å². The number of benzene rings is 2. The zero-order chi connectivity index (χ0) is 21.9. The van der Waals surface area contributed by atoms with E-state index in [0.717, 1.165) is 5.56 Å². The Hall–Kier alpha value is -3.36. The van der Waals surface area contributed by atoms with Crippen molar-refractivity contribution < 1.29 is 22.7 Å². The van der Waals surface area contributed by atoms with Gasteiger partial charge in [0.25, 0.3) is 5.56 Å². The van der Waals surface area contributed by atoms with Gasteiger partial charge in [-0.2, -0.15) is 0 Å². The van der Waals surface area contributed by atoms with E-state index in [2.05, 4.69) is 9.72 Å². The Morgan fingerprint density at radius 2 is 1.90 bits per heavy atom. The number of fused-ring (bicyclic) bond motifs is 1. The highest BCUT2D eigenvalue weighted by atomic mass is 19.4. The van der Waals surface area contributed by atoms with E-state index < -0.39 is 6.36 Å². The lowest BCUT2D eigenvalue weighted by Gasteiger charge is -2.20. The van der Waals surface area contributed by atoms with Gasteiger partial charge in [0.1, 0.15) is 5.75 Å². The topological polar surface area (TPSA) is 64.4 Å². The number of carbonyl (C=O) groups excluding carboxylic acids is 1. The first-order valence-corrected chi connectivity index (χ1v) is 9.18. The molecule has 1 amide bonds. The number of carbonyl (C=O) groups is 1. The monoisotopic (exact) mass is 419 g/mol. The molecule has 0 fully saturated rings. The molecule has 3 aromatic rings. The predicted molar refractivity (Wildman–Crippen MR) is 105 cm³/mol. The van der Waals surface area contributed by atoms with Gasteiger partial charge in [-0.15, -0.1) is 13.2 Å². The molecule has 0 unspecified atom stereocenters. The molecule has 0 spiro atoms. The van der Waals surface area contributed by atoms with Crippen LogP contribution in [0.3, 0.4) is 0 Å². The Labute approximate surface area is 170 Å². The Balaban J connectivity index is 1.68. The minimum atomic E-state index is -4.82. The minimum Gasteiger partial charge on any atom is -0.405 e. The number of aromatic nitrogens is 2. The first-order chi connectivity index (χ1) is 14.2. The van der Waals surface area contributed by atoms with E-state index in [-0.39, 0.29) is 42.3 Å². The molecule has 1 aromatic heterocycles. The number of hydrogen-bond donors (Lipinski definition) is 0. The molecule has 0 bridgehead atoms. The van der Waals surface area contributed by atoms with Gasteiger partial charge in [0.15, 0.2) is 0 Å². The number of aryl methyl sites for hydroxylation is 2. The fourth-order valence-corrected chi connectivity index (χ4v) is 3.11. The summed E-state index contributed by atoms with van der Waals surface area (Å²) in [5.74, 6) is -0.678. The van der Waals surface area contributed by atoms with Crippen molar-refractivity contribution in [3.8, 4) is 5.75 Å². The highest BCUT2D eigenvalue weighted by Crippen LogP contribution is 2.27. The van der Waals surface area contributed by atoms with Gasteiger partial charge >= 0.3 is 6.36 Å². The quantitative estimate of drug-likeness (QED) is 0.612. The first kappa shape index (κ1) is 21.4.